The number of nitrogens with zero attached hydrogens (tertiary/aromatic N) is 3. The van der Waals surface area contributed by atoms with Crippen LogP contribution in [0, 0.1) is 5.82 Å². The minimum absolute atomic E-state index is 0.0342. The SMILES string of the molecule is O=C1C(NS(=O)(=O)c2ccc3cc(Cl)ccc3c2)CCN1c1ccc(-c2ncccn2)cc1F. The predicted molar refractivity (Wildman–Crippen MR) is 127 cm³/mol. The lowest BCUT2D eigenvalue weighted by molar-refractivity contribution is -0.118. The Hall–Kier alpha value is -3.40. The lowest BCUT2D eigenvalue weighted by Crippen LogP contribution is -2.41. The van der Waals surface area contributed by atoms with Gasteiger partial charge in [-0.2, -0.15) is 4.72 Å². The third kappa shape index (κ3) is 4.25. The van der Waals surface area contributed by atoms with Gasteiger partial charge in [-0.15, -0.1) is 0 Å². The lowest BCUT2D eigenvalue weighted by atomic mass is 10.1. The first-order valence-corrected chi connectivity index (χ1v) is 12.3. The molecule has 1 aromatic heterocycles. The molecule has 1 saturated heterocycles. The van der Waals surface area contributed by atoms with E-state index in [4.69, 9.17) is 11.6 Å². The van der Waals surface area contributed by atoms with E-state index >= 15 is 0 Å². The Labute approximate surface area is 200 Å². The number of carbonyl (C=O) groups is 1. The van der Waals surface area contributed by atoms with Crippen LogP contribution in [0.5, 0.6) is 0 Å². The minimum Gasteiger partial charge on any atom is -0.308 e. The van der Waals surface area contributed by atoms with Crippen molar-refractivity contribution in [1.82, 2.24) is 14.7 Å². The van der Waals surface area contributed by atoms with Crippen LogP contribution in [0.4, 0.5) is 10.1 Å². The number of sulfonamides is 1. The second-order valence-electron chi connectivity index (χ2n) is 7.84. The number of nitrogens with one attached hydrogen (secondary N) is 1. The molecule has 1 fully saturated rings. The Morgan fingerprint density at radius 3 is 2.50 bits per heavy atom. The topological polar surface area (TPSA) is 92.3 Å². The number of rotatable bonds is 5. The van der Waals surface area contributed by atoms with Crippen molar-refractivity contribution >= 4 is 44.0 Å². The van der Waals surface area contributed by atoms with Gasteiger partial charge in [0.1, 0.15) is 11.9 Å². The third-order valence-electron chi connectivity index (χ3n) is 5.65. The molecule has 1 amide bonds. The molecule has 1 atom stereocenters. The van der Waals surface area contributed by atoms with Gasteiger partial charge in [-0.25, -0.2) is 22.8 Å². The molecule has 1 unspecified atom stereocenters. The molecular weight excluding hydrogens is 479 g/mol. The minimum atomic E-state index is -3.98. The average Bonchev–Trinajstić information content (AvgIpc) is 3.18. The summed E-state index contributed by atoms with van der Waals surface area (Å²) in [5.74, 6) is -0.766. The number of carbonyl (C=O) groups excluding carboxylic acids is 1. The number of hydrogen-bond donors (Lipinski definition) is 1. The maximum Gasteiger partial charge on any atom is 0.245 e. The smallest absolute Gasteiger partial charge is 0.245 e. The van der Waals surface area contributed by atoms with E-state index in [2.05, 4.69) is 14.7 Å². The van der Waals surface area contributed by atoms with Gasteiger partial charge in [-0.1, -0.05) is 23.7 Å². The fraction of sp³-hybridized carbons (Fsp3) is 0.125. The van der Waals surface area contributed by atoms with Crippen molar-refractivity contribution in [2.45, 2.75) is 17.4 Å². The van der Waals surface area contributed by atoms with Crippen molar-refractivity contribution in [2.75, 3.05) is 11.4 Å². The Morgan fingerprint density at radius 1 is 1.00 bits per heavy atom. The van der Waals surface area contributed by atoms with Gasteiger partial charge in [0.15, 0.2) is 5.82 Å². The van der Waals surface area contributed by atoms with Gasteiger partial charge >= 0.3 is 0 Å². The normalized spacial score (nSPS) is 16.4. The highest BCUT2D eigenvalue weighted by molar-refractivity contribution is 7.89. The quantitative estimate of drug-likeness (QED) is 0.447. The molecular formula is C24H18ClFN4O3S. The van der Waals surface area contributed by atoms with Gasteiger partial charge < -0.3 is 4.90 Å². The molecule has 0 bridgehead atoms. The highest BCUT2D eigenvalue weighted by atomic mass is 35.5. The number of amides is 1. The van der Waals surface area contributed by atoms with Crippen LogP contribution in [0.2, 0.25) is 5.02 Å². The number of benzene rings is 3. The summed E-state index contributed by atoms with van der Waals surface area (Å²) >= 11 is 5.99. The summed E-state index contributed by atoms with van der Waals surface area (Å²) in [6.07, 6.45) is 3.32. The largest absolute Gasteiger partial charge is 0.308 e. The molecule has 0 saturated carbocycles. The maximum absolute atomic E-state index is 14.9. The second kappa shape index (κ2) is 8.75. The molecule has 5 rings (SSSR count). The highest BCUT2D eigenvalue weighted by Gasteiger charge is 2.36. The summed E-state index contributed by atoms with van der Waals surface area (Å²) in [5, 5.41) is 2.06. The maximum atomic E-state index is 14.9. The molecule has 0 aliphatic carbocycles. The van der Waals surface area contributed by atoms with E-state index in [1.54, 1.807) is 48.8 Å². The summed E-state index contributed by atoms with van der Waals surface area (Å²) in [7, 11) is -3.98. The molecule has 4 aromatic rings. The lowest BCUT2D eigenvalue weighted by Gasteiger charge is -2.18. The number of hydrogen-bond acceptors (Lipinski definition) is 5. The fourth-order valence-corrected chi connectivity index (χ4v) is 5.40. The van der Waals surface area contributed by atoms with E-state index in [1.165, 1.54) is 29.2 Å². The zero-order chi connectivity index (χ0) is 23.9. The summed E-state index contributed by atoms with van der Waals surface area (Å²) in [4.78, 5) is 22.4. The summed E-state index contributed by atoms with van der Waals surface area (Å²) in [6.45, 7) is 0.181. The average molecular weight is 497 g/mol. The summed E-state index contributed by atoms with van der Waals surface area (Å²) in [5.41, 5.74) is 0.553. The predicted octanol–water partition coefficient (Wildman–Crippen LogP) is 4.17. The van der Waals surface area contributed by atoms with Crippen molar-refractivity contribution < 1.29 is 17.6 Å². The highest BCUT2D eigenvalue weighted by Crippen LogP contribution is 2.29. The van der Waals surface area contributed by atoms with Gasteiger partial charge in [0.25, 0.3) is 0 Å². The van der Waals surface area contributed by atoms with Crippen LogP contribution in [-0.2, 0) is 14.8 Å². The van der Waals surface area contributed by atoms with Crippen molar-refractivity contribution in [2.24, 2.45) is 0 Å². The Morgan fingerprint density at radius 2 is 1.74 bits per heavy atom. The first kappa shape index (κ1) is 22.4. The number of aromatic nitrogens is 2. The third-order valence-corrected chi connectivity index (χ3v) is 7.35. The van der Waals surface area contributed by atoms with Crippen LogP contribution < -0.4 is 9.62 Å². The number of fused-ring (bicyclic) bond motifs is 1. The molecule has 1 aliphatic rings. The fourth-order valence-electron chi connectivity index (χ4n) is 3.96. The van der Waals surface area contributed by atoms with Crippen LogP contribution in [0.15, 0.2) is 78.0 Å². The van der Waals surface area contributed by atoms with E-state index in [0.717, 1.165) is 5.39 Å². The van der Waals surface area contributed by atoms with Gasteiger partial charge in [0.05, 0.1) is 10.6 Å². The zero-order valence-corrected chi connectivity index (χ0v) is 19.2. The molecule has 1 N–H and O–H groups in total. The van der Waals surface area contributed by atoms with Crippen LogP contribution in [0.1, 0.15) is 6.42 Å². The van der Waals surface area contributed by atoms with Crippen LogP contribution in [0.25, 0.3) is 22.2 Å². The number of anilines is 1. The van der Waals surface area contributed by atoms with E-state index in [0.29, 0.717) is 21.8 Å². The first-order chi connectivity index (χ1) is 16.3. The van der Waals surface area contributed by atoms with Gasteiger partial charge in [-0.05, 0) is 65.7 Å². The van der Waals surface area contributed by atoms with Crippen molar-refractivity contribution in [3.05, 3.63) is 83.9 Å². The molecule has 34 heavy (non-hydrogen) atoms. The molecule has 0 spiro atoms. The van der Waals surface area contributed by atoms with Crippen LogP contribution >= 0.6 is 11.6 Å². The second-order valence-corrected chi connectivity index (χ2v) is 9.99. The Kier molecular flexibility index (Phi) is 5.76. The van der Waals surface area contributed by atoms with Gasteiger partial charge in [0, 0.05) is 29.5 Å². The monoisotopic (exact) mass is 496 g/mol. The van der Waals surface area contributed by atoms with Crippen molar-refractivity contribution in [1.29, 1.82) is 0 Å². The number of halogens is 2. The molecule has 172 valence electrons. The van der Waals surface area contributed by atoms with E-state index < -0.39 is 27.8 Å². The van der Waals surface area contributed by atoms with Crippen molar-refractivity contribution in [3.8, 4) is 11.4 Å². The van der Waals surface area contributed by atoms with Gasteiger partial charge in [0.2, 0.25) is 15.9 Å². The van der Waals surface area contributed by atoms with E-state index in [9.17, 15) is 17.6 Å². The van der Waals surface area contributed by atoms with E-state index in [1.807, 2.05) is 0 Å². The standard InChI is InChI=1S/C24H18ClFN4O3S/c25-18-5-2-16-13-19(6-3-15(16)12-18)34(32,33)29-21-8-11-30(24(21)31)22-7-4-17(14-20(22)26)23-27-9-1-10-28-23/h1-7,9-10,12-14,21,29H,8,11H2. The van der Waals surface area contributed by atoms with Gasteiger partial charge in [-0.3, -0.25) is 4.79 Å². The zero-order valence-electron chi connectivity index (χ0n) is 17.7. The van der Waals surface area contributed by atoms with Crippen molar-refractivity contribution in [3.63, 3.8) is 0 Å². The first-order valence-electron chi connectivity index (χ1n) is 10.4. The molecule has 10 heteroatoms. The molecule has 7 nitrogen and oxygen atoms in total. The summed E-state index contributed by atoms with van der Waals surface area (Å²) < 4.78 is 43.3. The molecule has 2 heterocycles. The molecule has 3 aromatic carbocycles. The van der Waals surface area contributed by atoms with Crippen LogP contribution in [-0.4, -0.2) is 36.9 Å². The Bertz CT molecular complexity index is 1520. The van der Waals surface area contributed by atoms with E-state index in [-0.39, 0.29) is 23.5 Å². The Balaban J connectivity index is 1.35. The molecule has 1 aliphatic heterocycles. The van der Waals surface area contributed by atoms with Crippen LogP contribution in [0.3, 0.4) is 0 Å². The molecule has 0 radical (unpaired) electrons. The summed E-state index contributed by atoms with van der Waals surface area (Å²) in [6, 6.07) is 14.8.